The first-order valence-electron chi connectivity index (χ1n) is 10.3. The molecule has 5 heteroatoms. The van der Waals surface area contributed by atoms with Gasteiger partial charge >= 0.3 is 5.97 Å². The summed E-state index contributed by atoms with van der Waals surface area (Å²) in [4.78, 5) is 27.4. The van der Waals surface area contributed by atoms with Gasteiger partial charge in [0, 0.05) is 18.2 Å². The summed E-state index contributed by atoms with van der Waals surface area (Å²) < 4.78 is 18.9. The number of piperidine rings is 1. The second kappa shape index (κ2) is 8.87. The quantitative estimate of drug-likeness (QED) is 0.547. The van der Waals surface area contributed by atoms with Crippen molar-refractivity contribution in [2.24, 2.45) is 5.92 Å². The standard InChI is InChI=1S/C24H26FNO3/c25-20-11-9-17(10-12-20)13-24(28)29-23-16-26(21-8-4-7-19(23)14-21)15-22(27)18-5-2-1-3-6-18/h1-3,5-6,9-12,19,21,23H,4,7-8,13-16H2. The molecule has 0 radical (unpaired) electrons. The van der Waals surface area contributed by atoms with Gasteiger partial charge in [0.15, 0.2) is 5.78 Å². The summed E-state index contributed by atoms with van der Waals surface area (Å²) in [6.45, 7) is 0.955. The van der Waals surface area contributed by atoms with Crippen LogP contribution in [0.2, 0.25) is 0 Å². The van der Waals surface area contributed by atoms with Crippen LogP contribution in [-0.4, -0.2) is 41.9 Å². The number of nitrogens with zero attached hydrogens (tertiary/aromatic N) is 1. The van der Waals surface area contributed by atoms with Crippen molar-refractivity contribution in [3.63, 3.8) is 0 Å². The van der Waals surface area contributed by atoms with Crippen LogP contribution < -0.4 is 0 Å². The normalized spacial score (nSPS) is 24.1. The Morgan fingerprint density at radius 3 is 2.55 bits per heavy atom. The molecule has 0 spiro atoms. The molecule has 1 aliphatic heterocycles. The van der Waals surface area contributed by atoms with Crippen LogP contribution in [0.4, 0.5) is 4.39 Å². The smallest absolute Gasteiger partial charge is 0.310 e. The van der Waals surface area contributed by atoms with Gasteiger partial charge in [-0.25, -0.2) is 4.39 Å². The van der Waals surface area contributed by atoms with E-state index in [2.05, 4.69) is 4.90 Å². The maximum Gasteiger partial charge on any atom is 0.310 e. The highest BCUT2D eigenvalue weighted by atomic mass is 19.1. The highest BCUT2D eigenvalue weighted by Crippen LogP contribution is 2.36. The molecule has 0 amide bonds. The molecule has 4 rings (SSSR count). The molecule has 0 aromatic heterocycles. The van der Waals surface area contributed by atoms with Gasteiger partial charge in [-0.1, -0.05) is 48.9 Å². The number of likely N-dealkylation sites (tertiary alicyclic amines) is 1. The Morgan fingerprint density at radius 2 is 1.79 bits per heavy atom. The average molecular weight is 395 g/mol. The minimum atomic E-state index is -0.318. The Bertz CT molecular complexity index is 852. The summed E-state index contributed by atoms with van der Waals surface area (Å²) in [5.74, 6) is -0.152. The number of hydrogen-bond donors (Lipinski definition) is 0. The molecule has 2 aromatic carbocycles. The van der Waals surface area contributed by atoms with E-state index in [9.17, 15) is 14.0 Å². The first-order valence-corrected chi connectivity index (χ1v) is 10.3. The van der Waals surface area contributed by atoms with Crippen molar-refractivity contribution >= 4 is 11.8 Å². The number of benzene rings is 2. The maximum absolute atomic E-state index is 13.1. The zero-order valence-corrected chi connectivity index (χ0v) is 16.4. The van der Waals surface area contributed by atoms with Gasteiger partial charge in [0.05, 0.1) is 13.0 Å². The van der Waals surface area contributed by atoms with E-state index in [4.69, 9.17) is 4.74 Å². The average Bonchev–Trinajstić information content (AvgIpc) is 2.74. The number of hydrogen-bond acceptors (Lipinski definition) is 4. The summed E-state index contributed by atoms with van der Waals surface area (Å²) in [7, 11) is 0. The SMILES string of the molecule is O=C(Cc1ccc(F)cc1)OC1CN(CC(=O)c2ccccc2)C2CCCC1C2. The Labute approximate surface area is 170 Å². The Morgan fingerprint density at radius 1 is 1.03 bits per heavy atom. The zero-order chi connectivity index (χ0) is 20.2. The lowest BCUT2D eigenvalue weighted by Crippen LogP contribution is -2.54. The van der Waals surface area contributed by atoms with E-state index >= 15 is 0 Å². The van der Waals surface area contributed by atoms with Crippen LogP contribution in [0.1, 0.15) is 41.6 Å². The summed E-state index contributed by atoms with van der Waals surface area (Å²) in [5, 5.41) is 0. The van der Waals surface area contributed by atoms with E-state index in [1.165, 1.54) is 12.1 Å². The van der Waals surface area contributed by atoms with Crippen molar-refractivity contribution in [1.29, 1.82) is 0 Å². The van der Waals surface area contributed by atoms with E-state index in [-0.39, 0.29) is 30.1 Å². The highest BCUT2D eigenvalue weighted by molar-refractivity contribution is 5.97. The van der Waals surface area contributed by atoms with Crippen LogP contribution >= 0.6 is 0 Å². The second-order valence-corrected chi connectivity index (χ2v) is 8.13. The fourth-order valence-electron chi connectivity index (χ4n) is 4.61. The predicted octanol–water partition coefficient (Wildman–Crippen LogP) is 4.04. The van der Waals surface area contributed by atoms with Gasteiger partial charge in [0.25, 0.3) is 0 Å². The first kappa shape index (κ1) is 19.8. The molecule has 0 N–H and O–H groups in total. The number of ether oxygens (including phenoxy) is 1. The Balaban J connectivity index is 1.39. The molecule has 152 valence electrons. The fourth-order valence-corrected chi connectivity index (χ4v) is 4.61. The monoisotopic (exact) mass is 395 g/mol. The third-order valence-electron chi connectivity index (χ3n) is 6.13. The number of ketones is 1. The van der Waals surface area contributed by atoms with E-state index in [0.717, 1.165) is 36.8 Å². The molecule has 2 bridgehead atoms. The molecular weight excluding hydrogens is 369 g/mol. The fraction of sp³-hybridized carbons (Fsp3) is 0.417. The number of carbonyl (C=O) groups excluding carboxylic acids is 2. The van der Waals surface area contributed by atoms with Gasteiger partial charge in [-0.05, 0) is 42.9 Å². The molecular formula is C24H26FNO3. The highest BCUT2D eigenvalue weighted by Gasteiger charge is 2.40. The van der Waals surface area contributed by atoms with Gasteiger partial charge in [-0.3, -0.25) is 14.5 Å². The second-order valence-electron chi connectivity index (χ2n) is 8.13. The molecule has 1 saturated heterocycles. The maximum atomic E-state index is 13.1. The number of carbonyl (C=O) groups is 2. The largest absolute Gasteiger partial charge is 0.460 e. The topological polar surface area (TPSA) is 46.6 Å². The summed E-state index contributed by atoms with van der Waals surface area (Å²) in [5.41, 5.74) is 1.46. The molecule has 2 aliphatic rings. The lowest BCUT2D eigenvalue weighted by Gasteiger charge is -2.46. The number of esters is 1. The van der Waals surface area contributed by atoms with Crippen molar-refractivity contribution in [3.05, 3.63) is 71.5 Å². The molecule has 3 unspecified atom stereocenters. The Hall–Kier alpha value is -2.53. The zero-order valence-electron chi connectivity index (χ0n) is 16.4. The van der Waals surface area contributed by atoms with E-state index in [1.54, 1.807) is 12.1 Å². The van der Waals surface area contributed by atoms with Crippen LogP contribution in [0, 0.1) is 11.7 Å². The van der Waals surface area contributed by atoms with Gasteiger partial charge in [0.2, 0.25) is 0 Å². The van der Waals surface area contributed by atoms with E-state index in [0.29, 0.717) is 25.0 Å². The first-order chi connectivity index (χ1) is 14.1. The molecule has 4 nitrogen and oxygen atoms in total. The van der Waals surface area contributed by atoms with Crippen LogP contribution in [0.5, 0.6) is 0 Å². The lowest BCUT2D eigenvalue weighted by atomic mass is 9.78. The number of halogens is 1. The van der Waals surface area contributed by atoms with Gasteiger partial charge in [-0.15, -0.1) is 0 Å². The minimum absolute atomic E-state index is 0.103. The van der Waals surface area contributed by atoms with Crippen LogP contribution in [0.25, 0.3) is 0 Å². The third kappa shape index (κ3) is 4.91. The van der Waals surface area contributed by atoms with Crippen LogP contribution in [0.3, 0.4) is 0 Å². The number of rotatable bonds is 6. The third-order valence-corrected chi connectivity index (χ3v) is 6.13. The van der Waals surface area contributed by atoms with Crippen molar-refractivity contribution in [1.82, 2.24) is 4.90 Å². The van der Waals surface area contributed by atoms with Gasteiger partial charge < -0.3 is 4.74 Å². The summed E-state index contributed by atoms with van der Waals surface area (Å²) in [6.07, 6.45) is 4.16. The van der Waals surface area contributed by atoms with Crippen molar-refractivity contribution in [2.75, 3.05) is 13.1 Å². The Kier molecular flexibility index (Phi) is 6.05. The summed E-state index contributed by atoms with van der Waals surface area (Å²) >= 11 is 0. The summed E-state index contributed by atoms with van der Waals surface area (Å²) in [6, 6.07) is 15.6. The lowest BCUT2D eigenvalue weighted by molar-refractivity contribution is -0.157. The van der Waals surface area contributed by atoms with Crippen molar-refractivity contribution < 1.29 is 18.7 Å². The van der Waals surface area contributed by atoms with Crippen LogP contribution in [0.15, 0.2) is 54.6 Å². The van der Waals surface area contributed by atoms with E-state index in [1.807, 2.05) is 30.3 Å². The number of fused-ring (bicyclic) bond motifs is 2. The number of Topliss-reactive ketones (excluding diaryl/α,β-unsaturated/α-hetero) is 1. The van der Waals surface area contributed by atoms with Crippen molar-refractivity contribution in [3.8, 4) is 0 Å². The minimum Gasteiger partial charge on any atom is -0.460 e. The molecule has 1 heterocycles. The van der Waals surface area contributed by atoms with Crippen molar-refractivity contribution in [2.45, 2.75) is 44.2 Å². The van der Waals surface area contributed by atoms with Gasteiger partial charge in [0.1, 0.15) is 11.9 Å². The van der Waals surface area contributed by atoms with Crippen LogP contribution in [-0.2, 0) is 16.0 Å². The molecule has 2 fully saturated rings. The van der Waals surface area contributed by atoms with Gasteiger partial charge in [-0.2, -0.15) is 0 Å². The molecule has 3 atom stereocenters. The van der Waals surface area contributed by atoms with E-state index < -0.39 is 0 Å². The molecule has 1 saturated carbocycles. The predicted molar refractivity (Wildman–Crippen MR) is 108 cm³/mol. The molecule has 29 heavy (non-hydrogen) atoms. The molecule has 2 aromatic rings. The molecule has 1 aliphatic carbocycles.